The van der Waals surface area contributed by atoms with Gasteiger partial charge in [-0.2, -0.15) is 5.26 Å². The second-order valence-electron chi connectivity index (χ2n) is 5.02. The number of aromatic nitrogens is 2. The Morgan fingerprint density at radius 3 is 2.81 bits per heavy atom. The van der Waals surface area contributed by atoms with E-state index in [2.05, 4.69) is 14.9 Å². The average Bonchev–Trinajstić information content (AvgIpc) is 2.60. The lowest BCUT2D eigenvalue weighted by Gasteiger charge is -2.13. The van der Waals surface area contributed by atoms with Gasteiger partial charge in [-0.25, -0.2) is 9.97 Å². The van der Waals surface area contributed by atoms with Crippen molar-refractivity contribution in [2.24, 2.45) is 5.73 Å². The quantitative estimate of drug-likeness (QED) is 0.842. The van der Waals surface area contributed by atoms with Gasteiger partial charge in [0.05, 0.1) is 11.4 Å². The molecule has 0 atom stereocenters. The largest absolute Gasteiger partial charge is 0.364 e. The van der Waals surface area contributed by atoms with Crippen LogP contribution in [0.15, 0.2) is 24.3 Å². The fraction of sp³-hybridized carbons (Fsp3) is 0.200. The Hall–Kier alpha value is -2.78. The highest BCUT2D eigenvalue weighted by Crippen LogP contribution is 2.30. The van der Waals surface area contributed by atoms with Crippen LogP contribution in [-0.4, -0.2) is 27.8 Å². The Balaban J connectivity index is 2.31. The van der Waals surface area contributed by atoms with E-state index in [4.69, 9.17) is 11.0 Å². The van der Waals surface area contributed by atoms with Gasteiger partial charge in [0.25, 0.3) is 5.91 Å². The highest BCUT2D eigenvalue weighted by molar-refractivity contribution is 5.93. The van der Waals surface area contributed by atoms with E-state index in [1.165, 1.54) is 0 Å². The van der Waals surface area contributed by atoms with Crippen molar-refractivity contribution >= 4 is 5.91 Å². The summed E-state index contributed by atoms with van der Waals surface area (Å²) in [5.74, 6) is -0.739. The zero-order valence-electron chi connectivity index (χ0n) is 11.5. The van der Waals surface area contributed by atoms with Crippen molar-refractivity contribution in [2.45, 2.75) is 13.1 Å². The number of hydrogen-bond acceptors (Lipinski definition) is 5. The van der Waals surface area contributed by atoms with Crippen LogP contribution < -0.4 is 5.73 Å². The van der Waals surface area contributed by atoms with Crippen LogP contribution in [0.5, 0.6) is 0 Å². The molecule has 0 fully saturated rings. The van der Waals surface area contributed by atoms with Gasteiger partial charge in [-0.1, -0.05) is 24.3 Å². The van der Waals surface area contributed by atoms with Gasteiger partial charge < -0.3 is 5.73 Å². The number of nitrogens with zero attached hydrogens (tertiary/aromatic N) is 4. The molecule has 2 heterocycles. The lowest BCUT2D eigenvalue weighted by atomic mass is 10.0. The molecule has 0 bridgehead atoms. The molecule has 0 saturated heterocycles. The molecule has 6 heteroatoms. The van der Waals surface area contributed by atoms with E-state index in [0.29, 0.717) is 17.9 Å². The predicted molar refractivity (Wildman–Crippen MR) is 75.9 cm³/mol. The van der Waals surface area contributed by atoms with Crippen molar-refractivity contribution < 1.29 is 4.79 Å². The number of nitriles is 1. The minimum absolute atomic E-state index is 0.0194. The summed E-state index contributed by atoms with van der Waals surface area (Å²) in [6.07, 6.45) is 0. The van der Waals surface area contributed by atoms with Gasteiger partial charge in [-0.3, -0.25) is 9.69 Å². The van der Waals surface area contributed by atoms with E-state index in [9.17, 15) is 4.79 Å². The number of carbonyl (C=O) groups is 1. The van der Waals surface area contributed by atoms with Crippen molar-refractivity contribution in [3.05, 3.63) is 46.9 Å². The van der Waals surface area contributed by atoms with Gasteiger partial charge in [-0.05, 0) is 12.6 Å². The average molecular weight is 279 g/mol. The number of amides is 1. The molecule has 3 rings (SSSR count). The second kappa shape index (κ2) is 4.96. The first-order chi connectivity index (χ1) is 10.1. The molecule has 1 aliphatic rings. The highest BCUT2D eigenvalue weighted by Gasteiger charge is 2.23. The van der Waals surface area contributed by atoms with Crippen molar-refractivity contribution in [3.8, 4) is 17.3 Å². The molecule has 1 aromatic heterocycles. The van der Waals surface area contributed by atoms with E-state index in [1.807, 2.05) is 37.4 Å². The zero-order valence-corrected chi connectivity index (χ0v) is 11.5. The predicted octanol–water partition coefficient (Wildman–Crippen LogP) is 1.06. The number of carbonyl (C=O) groups excluding carboxylic acids is 1. The van der Waals surface area contributed by atoms with Gasteiger partial charge in [0, 0.05) is 18.7 Å². The molecule has 1 aromatic carbocycles. The van der Waals surface area contributed by atoms with Gasteiger partial charge in [0.15, 0.2) is 11.4 Å². The zero-order chi connectivity index (χ0) is 15.0. The van der Waals surface area contributed by atoms with Crippen LogP contribution in [0.2, 0.25) is 0 Å². The van der Waals surface area contributed by atoms with E-state index < -0.39 is 5.91 Å². The number of rotatable bonds is 1. The van der Waals surface area contributed by atoms with Crippen LogP contribution >= 0.6 is 0 Å². The minimum atomic E-state index is -0.739. The molecule has 0 aliphatic carbocycles. The first-order valence-corrected chi connectivity index (χ1v) is 6.47. The lowest BCUT2D eigenvalue weighted by molar-refractivity contribution is 0.0995. The van der Waals surface area contributed by atoms with Crippen LogP contribution in [0.3, 0.4) is 0 Å². The molecule has 6 nitrogen and oxygen atoms in total. The maximum Gasteiger partial charge on any atom is 0.270 e. The Morgan fingerprint density at radius 2 is 2.10 bits per heavy atom. The Morgan fingerprint density at radius 1 is 1.33 bits per heavy atom. The standard InChI is InChI=1S/C15H13N5O/c1-20-7-9-4-2-3-5-10(9)13-12(8-20)18-11(6-16)14(19-13)15(17)21/h2-5H,7-8H2,1H3,(H2,17,21). The normalized spacial score (nSPS) is 13.7. The van der Waals surface area contributed by atoms with Crippen molar-refractivity contribution in [2.75, 3.05) is 7.05 Å². The summed E-state index contributed by atoms with van der Waals surface area (Å²) >= 11 is 0. The van der Waals surface area contributed by atoms with Crippen LogP contribution in [0.4, 0.5) is 0 Å². The maximum absolute atomic E-state index is 11.5. The van der Waals surface area contributed by atoms with E-state index in [1.54, 1.807) is 0 Å². The molecular weight excluding hydrogens is 266 g/mol. The Labute approximate surface area is 121 Å². The molecule has 0 spiro atoms. The highest BCUT2D eigenvalue weighted by atomic mass is 16.1. The summed E-state index contributed by atoms with van der Waals surface area (Å²) in [4.78, 5) is 22.2. The van der Waals surface area contributed by atoms with Gasteiger partial charge in [0.1, 0.15) is 6.07 Å². The molecule has 0 unspecified atom stereocenters. The Bertz CT molecular complexity index is 778. The molecule has 1 amide bonds. The molecule has 104 valence electrons. The fourth-order valence-electron chi connectivity index (χ4n) is 2.54. The fourth-order valence-corrected chi connectivity index (χ4v) is 2.54. The van der Waals surface area contributed by atoms with E-state index in [-0.39, 0.29) is 11.4 Å². The number of nitrogens with two attached hydrogens (primary N) is 1. The van der Waals surface area contributed by atoms with Crippen LogP contribution in [0, 0.1) is 11.3 Å². The smallest absolute Gasteiger partial charge is 0.270 e. The molecule has 1 aliphatic heterocycles. The van der Waals surface area contributed by atoms with Crippen LogP contribution in [-0.2, 0) is 13.1 Å². The molecular formula is C15H13N5O. The molecule has 0 radical (unpaired) electrons. The summed E-state index contributed by atoms with van der Waals surface area (Å²) in [5.41, 5.74) is 8.56. The third kappa shape index (κ3) is 2.24. The third-order valence-corrected chi connectivity index (χ3v) is 3.44. The first-order valence-electron chi connectivity index (χ1n) is 6.47. The summed E-state index contributed by atoms with van der Waals surface area (Å²) in [6.45, 7) is 1.31. The topological polar surface area (TPSA) is 95.9 Å². The van der Waals surface area contributed by atoms with Gasteiger partial charge in [-0.15, -0.1) is 0 Å². The van der Waals surface area contributed by atoms with Crippen LogP contribution in [0.25, 0.3) is 11.3 Å². The lowest BCUT2D eigenvalue weighted by Crippen LogP contribution is -2.20. The molecule has 21 heavy (non-hydrogen) atoms. The third-order valence-electron chi connectivity index (χ3n) is 3.44. The van der Waals surface area contributed by atoms with E-state index >= 15 is 0 Å². The number of benzene rings is 1. The minimum Gasteiger partial charge on any atom is -0.364 e. The van der Waals surface area contributed by atoms with Crippen LogP contribution in [0.1, 0.15) is 27.4 Å². The summed E-state index contributed by atoms with van der Waals surface area (Å²) in [5, 5.41) is 9.13. The second-order valence-corrected chi connectivity index (χ2v) is 5.02. The maximum atomic E-state index is 11.5. The van der Waals surface area contributed by atoms with Crippen molar-refractivity contribution in [1.29, 1.82) is 5.26 Å². The van der Waals surface area contributed by atoms with Gasteiger partial charge in [0.2, 0.25) is 0 Å². The monoisotopic (exact) mass is 279 g/mol. The molecule has 2 aromatic rings. The summed E-state index contributed by atoms with van der Waals surface area (Å²) < 4.78 is 0. The summed E-state index contributed by atoms with van der Waals surface area (Å²) in [6, 6.07) is 9.73. The van der Waals surface area contributed by atoms with E-state index in [0.717, 1.165) is 17.7 Å². The number of hydrogen-bond donors (Lipinski definition) is 1. The molecule has 0 saturated carbocycles. The number of fused-ring (bicyclic) bond motifs is 3. The van der Waals surface area contributed by atoms with Crippen molar-refractivity contribution in [3.63, 3.8) is 0 Å². The summed E-state index contributed by atoms with van der Waals surface area (Å²) in [7, 11) is 1.97. The SMILES string of the molecule is CN1Cc2ccccc2-c2nc(C(N)=O)c(C#N)nc2C1. The molecule has 2 N–H and O–H groups in total. The van der Waals surface area contributed by atoms with Crippen molar-refractivity contribution in [1.82, 2.24) is 14.9 Å². The number of primary amides is 1. The first kappa shape index (κ1) is 13.2. The Kier molecular flexibility index (Phi) is 3.12. The van der Waals surface area contributed by atoms with Gasteiger partial charge >= 0.3 is 0 Å².